The fourth-order valence-corrected chi connectivity index (χ4v) is 3.99. The highest BCUT2D eigenvalue weighted by Gasteiger charge is 2.28. The standard InChI is InChI=1S/C16H23NO2S/c1-3-5-17-16-11(2)10-20-15-9-14-13(8-12(15)16)18-6-4-7-19-14/h8-9,11,16-17H,3-7,10H2,1-2H3. The average Bonchev–Trinajstić information content (AvgIpc) is 2.69. The highest BCUT2D eigenvalue weighted by atomic mass is 32.2. The normalized spacial score (nSPS) is 24.9. The molecule has 20 heavy (non-hydrogen) atoms. The van der Waals surface area contributed by atoms with Crippen molar-refractivity contribution in [1.82, 2.24) is 5.32 Å². The molecule has 2 atom stereocenters. The Hall–Kier alpha value is -0.870. The largest absolute Gasteiger partial charge is 0.490 e. The van der Waals surface area contributed by atoms with Crippen molar-refractivity contribution in [3.05, 3.63) is 17.7 Å². The highest BCUT2D eigenvalue weighted by Crippen LogP contribution is 2.45. The number of benzene rings is 1. The van der Waals surface area contributed by atoms with Crippen LogP contribution in [-0.4, -0.2) is 25.5 Å². The van der Waals surface area contributed by atoms with Crippen molar-refractivity contribution in [3.8, 4) is 11.5 Å². The van der Waals surface area contributed by atoms with E-state index >= 15 is 0 Å². The summed E-state index contributed by atoms with van der Waals surface area (Å²) in [4.78, 5) is 1.35. The molecule has 3 nitrogen and oxygen atoms in total. The first-order valence-corrected chi connectivity index (χ1v) is 8.58. The van der Waals surface area contributed by atoms with Gasteiger partial charge in [-0.3, -0.25) is 0 Å². The Labute approximate surface area is 125 Å². The van der Waals surface area contributed by atoms with E-state index in [4.69, 9.17) is 9.47 Å². The summed E-state index contributed by atoms with van der Waals surface area (Å²) < 4.78 is 11.6. The van der Waals surface area contributed by atoms with Crippen LogP contribution in [0.4, 0.5) is 0 Å². The monoisotopic (exact) mass is 293 g/mol. The van der Waals surface area contributed by atoms with Crippen LogP contribution in [0.1, 0.15) is 38.3 Å². The van der Waals surface area contributed by atoms with Crippen molar-refractivity contribution >= 4 is 11.8 Å². The van der Waals surface area contributed by atoms with Gasteiger partial charge in [0.15, 0.2) is 11.5 Å². The zero-order valence-corrected chi connectivity index (χ0v) is 13.1. The zero-order valence-electron chi connectivity index (χ0n) is 12.3. The Balaban J connectivity index is 1.94. The van der Waals surface area contributed by atoms with E-state index in [9.17, 15) is 0 Å². The molecule has 2 aliphatic heterocycles. The third kappa shape index (κ3) is 2.77. The molecule has 0 saturated heterocycles. The van der Waals surface area contributed by atoms with Crippen molar-refractivity contribution in [2.45, 2.75) is 37.6 Å². The minimum Gasteiger partial charge on any atom is -0.490 e. The maximum Gasteiger partial charge on any atom is 0.162 e. The summed E-state index contributed by atoms with van der Waals surface area (Å²) in [5, 5.41) is 3.69. The molecule has 3 rings (SSSR count). The smallest absolute Gasteiger partial charge is 0.162 e. The second kappa shape index (κ2) is 6.27. The first-order valence-electron chi connectivity index (χ1n) is 7.59. The van der Waals surface area contributed by atoms with Crippen LogP contribution in [0, 0.1) is 5.92 Å². The van der Waals surface area contributed by atoms with Crippen molar-refractivity contribution in [2.24, 2.45) is 5.92 Å². The second-order valence-electron chi connectivity index (χ2n) is 5.61. The number of hydrogen-bond donors (Lipinski definition) is 1. The molecule has 0 spiro atoms. The summed E-state index contributed by atoms with van der Waals surface area (Å²) in [5.74, 6) is 3.63. The molecule has 1 aromatic rings. The topological polar surface area (TPSA) is 30.5 Å². The van der Waals surface area contributed by atoms with Crippen LogP contribution in [0.3, 0.4) is 0 Å². The Bertz CT molecular complexity index is 478. The lowest BCUT2D eigenvalue weighted by atomic mass is 9.94. The second-order valence-corrected chi connectivity index (χ2v) is 6.67. The summed E-state index contributed by atoms with van der Waals surface area (Å²) >= 11 is 1.94. The van der Waals surface area contributed by atoms with Crippen LogP contribution in [0.2, 0.25) is 0 Å². The lowest BCUT2D eigenvalue weighted by Gasteiger charge is -2.32. The number of nitrogens with one attached hydrogen (secondary N) is 1. The number of fused-ring (bicyclic) bond motifs is 2. The van der Waals surface area contributed by atoms with E-state index in [2.05, 4.69) is 31.3 Å². The molecular weight excluding hydrogens is 270 g/mol. The lowest BCUT2D eigenvalue weighted by molar-refractivity contribution is 0.296. The van der Waals surface area contributed by atoms with Crippen molar-refractivity contribution in [2.75, 3.05) is 25.5 Å². The van der Waals surface area contributed by atoms with Gasteiger partial charge in [-0.2, -0.15) is 0 Å². The van der Waals surface area contributed by atoms with Crippen LogP contribution >= 0.6 is 11.8 Å². The molecule has 0 radical (unpaired) electrons. The van der Waals surface area contributed by atoms with E-state index in [0.29, 0.717) is 12.0 Å². The third-order valence-electron chi connectivity index (χ3n) is 3.90. The fourth-order valence-electron chi connectivity index (χ4n) is 2.81. The van der Waals surface area contributed by atoms with Crippen molar-refractivity contribution in [1.29, 1.82) is 0 Å². The Morgan fingerprint density at radius 2 is 2.00 bits per heavy atom. The molecule has 0 aliphatic carbocycles. The van der Waals surface area contributed by atoms with E-state index in [1.54, 1.807) is 0 Å². The SMILES string of the molecule is CCCNC1c2cc3c(cc2SCC1C)OCCCO3. The van der Waals surface area contributed by atoms with E-state index in [1.165, 1.54) is 10.5 Å². The average molecular weight is 293 g/mol. The van der Waals surface area contributed by atoms with Gasteiger partial charge in [-0.05, 0) is 36.6 Å². The predicted octanol–water partition coefficient (Wildman–Crippen LogP) is 3.63. The van der Waals surface area contributed by atoms with Gasteiger partial charge in [-0.1, -0.05) is 13.8 Å². The minimum atomic E-state index is 0.434. The molecule has 2 heterocycles. The summed E-state index contributed by atoms with van der Waals surface area (Å²) in [7, 11) is 0. The Kier molecular flexibility index (Phi) is 4.41. The van der Waals surface area contributed by atoms with Crippen LogP contribution in [0.5, 0.6) is 11.5 Å². The summed E-state index contributed by atoms with van der Waals surface area (Å²) in [5.41, 5.74) is 1.38. The number of hydrogen-bond acceptors (Lipinski definition) is 4. The fraction of sp³-hybridized carbons (Fsp3) is 0.625. The number of rotatable bonds is 3. The van der Waals surface area contributed by atoms with Crippen LogP contribution in [-0.2, 0) is 0 Å². The van der Waals surface area contributed by atoms with Crippen molar-refractivity contribution in [3.63, 3.8) is 0 Å². The van der Waals surface area contributed by atoms with Gasteiger partial charge >= 0.3 is 0 Å². The Morgan fingerprint density at radius 1 is 1.25 bits per heavy atom. The molecule has 0 saturated carbocycles. The van der Waals surface area contributed by atoms with Crippen molar-refractivity contribution < 1.29 is 9.47 Å². The molecule has 0 aromatic heterocycles. The quantitative estimate of drug-likeness (QED) is 0.922. The predicted molar refractivity (Wildman–Crippen MR) is 83.0 cm³/mol. The van der Waals surface area contributed by atoms with E-state index in [-0.39, 0.29) is 0 Å². The van der Waals surface area contributed by atoms with Crippen LogP contribution in [0.25, 0.3) is 0 Å². The summed E-state index contributed by atoms with van der Waals surface area (Å²) in [6.45, 7) is 7.11. The molecule has 2 aliphatic rings. The number of ether oxygens (including phenoxy) is 2. The molecule has 1 aromatic carbocycles. The molecule has 2 unspecified atom stereocenters. The summed E-state index contributed by atoms with van der Waals surface area (Å²) in [6.07, 6.45) is 2.12. The maximum absolute atomic E-state index is 5.84. The Morgan fingerprint density at radius 3 is 2.75 bits per heavy atom. The van der Waals surface area contributed by atoms with Crippen LogP contribution < -0.4 is 14.8 Å². The van der Waals surface area contributed by atoms with Gasteiger partial charge in [0.2, 0.25) is 0 Å². The van der Waals surface area contributed by atoms with Gasteiger partial charge in [-0.15, -0.1) is 11.8 Å². The highest BCUT2D eigenvalue weighted by molar-refractivity contribution is 7.99. The molecule has 0 bridgehead atoms. The third-order valence-corrected chi connectivity index (χ3v) is 5.26. The molecule has 0 amide bonds. The molecular formula is C16H23NO2S. The minimum absolute atomic E-state index is 0.434. The van der Waals surface area contributed by atoms with Gasteiger partial charge in [0, 0.05) is 23.1 Å². The van der Waals surface area contributed by atoms with Gasteiger partial charge in [0.25, 0.3) is 0 Å². The van der Waals surface area contributed by atoms with Gasteiger partial charge < -0.3 is 14.8 Å². The zero-order chi connectivity index (χ0) is 13.9. The lowest BCUT2D eigenvalue weighted by Crippen LogP contribution is -2.31. The van der Waals surface area contributed by atoms with Gasteiger partial charge in [-0.25, -0.2) is 0 Å². The summed E-state index contributed by atoms with van der Waals surface area (Å²) in [6, 6.07) is 4.81. The van der Waals surface area contributed by atoms with E-state index in [0.717, 1.165) is 49.9 Å². The molecule has 110 valence electrons. The van der Waals surface area contributed by atoms with Crippen LogP contribution in [0.15, 0.2) is 17.0 Å². The van der Waals surface area contributed by atoms with Gasteiger partial charge in [0.1, 0.15) is 0 Å². The first kappa shape index (κ1) is 14.1. The van der Waals surface area contributed by atoms with Gasteiger partial charge in [0.05, 0.1) is 13.2 Å². The van der Waals surface area contributed by atoms with E-state index in [1.807, 2.05) is 11.8 Å². The molecule has 0 fully saturated rings. The molecule has 4 heteroatoms. The number of thioether (sulfide) groups is 1. The maximum atomic E-state index is 5.84. The van der Waals surface area contributed by atoms with E-state index < -0.39 is 0 Å². The molecule has 1 N–H and O–H groups in total. The first-order chi connectivity index (χ1) is 9.79.